The van der Waals surface area contributed by atoms with Crippen molar-refractivity contribution >= 4 is 16.0 Å². The zero-order valence-corrected chi connectivity index (χ0v) is 24.3. The average Bonchev–Trinajstić information content (AvgIpc) is 3.31. The summed E-state index contributed by atoms with van der Waals surface area (Å²) in [6, 6.07) is 10.4. The Kier molecular flexibility index (Phi) is 10.1. The maximum atomic E-state index is 12.8. The Bertz CT molecular complexity index is 1260. The Morgan fingerprint density at radius 1 is 0.950 bits per heavy atom. The van der Waals surface area contributed by atoms with Crippen LogP contribution in [0, 0.1) is 5.41 Å². The van der Waals surface area contributed by atoms with Gasteiger partial charge in [-0.15, -0.1) is 5.10 Å². The molecule has 0 radical (unpaired) electrons. The molecule has 0 saturated carbocycles. The van der Waals surface area contributed by atoms with Crippen LogP contribution in [0.3, 0.4) is 0 Å². The Balaban J connectivity index is 1.70. The van der Waals surface area contributed by atoms with E-state index >= 15 is 0 Å². The number of aromatic nitrogens is 4. The third-order valence-electron chi connectivity index (χ3n) is 5.59. The molecule has 2 aromatic heterocycles. The molecule has 0 aliphatic rings. The Labute approximate surface area is 233 Å². The van der Waals surface area contributed by atoms with Crippen molar-refractivity contribution in [2.24, 2.45) is 5.41 Å². The molecule has 0 atom stereocenters. The molecule has 220 valence electrons. The van der Waals surface area contributed by atoms with E-state index < -0.39 is 28.2 Å². The first-order valence-corrected chi connectivity index (χ1v) is 15.4. The van der Waals surface area contributed by atoms with Crippen LogP contribution >= 0.6 is 10.0 Å². The zero-order chi connectivity index (χ0) is 29.6. The van der Waals surface area contributed by atoms with Gasteiger partial charge in [0.05, 0.1) is 19.1 Å². The molecule has 0 N–H and O–H groups in total. The molecule has 3 rings (SSSR count). The van der Waals surface area contributed by atoms with Gasteiger partial charge >= 0.3 is 18.2 Å². The smallest absolute Gasteiger partial charge is 0.422 e. The highest BCUT2D eigenvalue weighted by molar-refractivity contribution is 8.32. The lowest BCUT2D eigenvalue weighted by atomic mass is 9.95. The number of methoxy groups -OCH3 is 1. The molecule has 0 spiro atoms. The monoisotopic (exact) mass is 584 g/mol. The molecule has 3 aromatic rings. The van der Waals surface area contributed by atoms with Crippen molar-refractivity contribution in [3.8, 4) is 34.4 Å². The van der Waals surface area contributed by atoms with Crippen LogP contribution in [0.15, 0.2) is 42.6 Å². The van der Waals surface area contributed by atoms with Crippen molar-refractivity contribution in [3.05, 3.63) is 42.6 Å². The van der Waals surface area contributed by atoms with Gasteiger partial charge in [0.25, 0.3) is 0 Å². The Hall–Kier alpha value is -3.32. The van der Waals surface area contributed by atoms with Gasteiger partial charge in [0.1, 0.15) is 13.3 Å². The van der Waals surface area contributed by atoms with Gasteiger partial charge in [-0.1, -0.05) is 24.3 Å². The van der Waals surface area contributed by atoms with Gasteiger partial charge in [0.2, 0.25) is 5.88 Å². The minimum absolute atomic E-state index is 0.0787. The van der Waals surface area contributed by atoms with Gasteiger partial charge in [-0.05, 0) is 44.2 Å². The van der Waals surface area contributed by atoms with E-state index in [9.17, 15) is 18.0 Å². The van der Waals surface area contributed by atoms with Crippen molar-refractivity contribution in [2.45, 2.75) is 26.8 Å². The highest BCUT2D eigenvalue weighted by Crippen LogP contribution is 2.33. The molecule has 2 heterocycles. The third-order valence-corrected chi connectivity index (χ3v) is 6.98. The second-order valence-corrected chi connectivity index (χ2v) is 15.2. The summed E-state index contributed by atoms with van der Waals surface area (Å²) in [5.74, 6) is 1.05. The first kappa shape index (κ1) is 31.2. The van der Waals surface area contributed by atoms with Gasteiger partial charge < -0.3 is 18.9 Å². The number of esters is 1. The summed E-state index contributed by atoms with van der Waals surface area (Å²) in [6.07, 6.45) is 3.58. The van der Waals surface area contributed by atoms with Gasteiger partial charge in [0, 0.05) is 29.1 Å². The fourth-order valence-corrected chi connectivity index (χ4v) is 3.90. The normalized spacial score (nSPS) is 12.7. The number of alkyl halides is 3. The molecule has 0 fully saturated rings. The molecule has 0 aliphatic heterocycles. The van der Waals surface area contributed by atoms with E-state index in [2.05, 4.69) is 33.8 Å². The minimum atomic E-state index is -4.51. The quantitative estimate of drug-likeness (QED) is 0.200. The van der Waals surface area contributed by atoms with Crippen LogP contribution in [0.2, 0.25) is 0 Å². The fourth-order valence-electron chi connectivity index (χ4n) is 3.29. The number of nitrogens with zero attached hydrogens (tertiary/aromatic N) is 4. The number of hydrogen-bond donors (Lipinski definition) is 0. The van der Waals surface area contributed by atoms with Gasteiger partial charge in [-0.2, -0.15) is 22.8 Å². The lowest BCUT2D eigenvalue weighted by Crippen LogP contribution is -2.32. The summed E-state index contributed by atoms with van der Waals surface area (Å²) in [5.41, 5.74) is 1.44. The summed E-state index contributed by atoms with van der Waals surface area (Å²) >= 11 is 0. The Morgan fingerprint density at radius 3 is 2.17 bits per heavy atom. The predicted octanol–water partition coefficient (Wildman–Crippen LogP) is 5.19. The summed E-state index contributed by atoms with van der Waals surface area (Å²) in [6.45, 7) is 2.44. The lowest BCUT2D eigenvalue weighted by molar-refractivity contribution is -0.155. The number of pyridine rings is 1. The van der Waals surface area contributed by atoms with Crippen LogP contribution in [-0.4, -0.2) is 83.3 Å². The van der Waals surface area contributed by atoms with Crippen LogP contribution in [-0.2, 0) is 21.0 Å². The average molecular weight is 585 g/mol. The highest BCUT2D eigenvalue weighted by atomic mass is 32.3. The summed E-state index contributed by atoms with van der Waals surface area (Å²) in [7, 11) is 0.551. The highest BCUT2D eigenvalue weighted by Gasteiger charge is 2.31. The van der Waals surface area contributed by atoms with E-state index in [-0.39, 0.29) is 31.1 Å². The second kappa shape index (κ2) is 12.9. The minimum Gasteiger partial charge on any atom is -0.476 e. The fraction of sp³-hybridized carbons (Fsp3) is 0.481. The number of rotatable bonds is 13. The SMILES string of the molecule is COC(=O)C(C)(C)COc1ccc(-c2ccc(-c3nc(OCC(F)(F)F)n(COCCS(C)(C)C)n3)cc2)cn1. The first-order chi connectivity index (χ1) is 18.7. The number of carbonyl (C=O) groups is 1. The maximum Gasteiger partial charge on any atom is 0.422 e. The Morgan fingerprint density at radius 2 is 1.60 bits per heavy atom. The number of ether oxygens (including phenoxy) is 4. The molecule has 0 unspecified atom stereocenters. The largest absolute Gasteiger partial charge is 0.476 e. The van der Waals surface area contributed by atoms with Crippen molar-refractivity contribution in [1.29, 1.82) is 0 Å². The second-order valence-electron chi connectivity index (χ2n) is 10.6. The molecule has 0 bridgehead atoms. The molecule has 0 saturated heterocycles. The molecule has 13 heteroatoms. The number of carbonyl (C=O) groups excluding carboxylic acids is 1. The van der Waals surface area contributed by atoms with Crippen molar-refractivity contribution in [3.63, 3.8) is 0 Å². The van der Waals surface area contributed by atoms with Crippen LogP contribution < -0.4 is 9.47 Å². The molecular weight excluding hydrogens is 549 g/mol. The van der Waals surface area contributed by atoms with Gasteiger partial charge in [-0.3, -0.25) is 4.79 Å². The van der Waals surface area contributed by atoms with Gasteiger partial charge in [-0.25, -0.2) is 15.0 Å². The molecular formula is C27H35F3N4O5S. The molecule has 9 nitrogen and oxygen atoms in total. The van der Waals surface area contributed by atoms with Crippen molar-refractivity contribution < 1.29 is 36.9 Å². The predicted molar refractivity (Wildman–Crippen MR) is 148 cm³/mol. The maximum absolute atomic E-state index is 12.8. The topological polar surface area (TPSA) is 97.6 Å². The van der Waals surface area contributed by atoms with Crippen molar-refractivity contribution in [2.75, 3.05) is 51.5 Å². The van der Waals surface area contributed by atoms with E-state index in [1.165, 1.54) is 11.8 Å². The van der Waals surface area contributed by atoms with E-state index in [1.54, 1.807) is 38.2 Å². The molecule has 0 amide bonds. The van der Waals surface area contributed by atoms with Crippen molar-refractivity contribution in [1.82, 2.24) is 19.7 Å². The number of benzene rings is 1. The lowest BCUT2D eigenvalue weighted by Gasteiger charge is -2.24. The third kappa shape index (κ3) is 9.40. The number of halogens is 3. The standard InChI is InChI=1S/C27H35F3N4O5S/c1-26(2,24(35)36-3)16-38-22-12-11-21(15-31-22)19-7-9-20(10-8-19)23-32-25(39-17-27(28,29)30)34(33-23)18-37-13-14-40(4,5)6/h7-12,15H,13-14,16-18H2,1-6H3. The van der Waals surface area contributed by atoms with Crippen LogP contribution in [0.5, 0.6) is 11.9 Å². The number of hydrogen-bond acceptors (Lipinski definition) is 8. The zero-order valence-electron chi connectivity index (χ0n) is 23.4. The molecule has 0 aliphatic carbocycles. The van der Waals surface area contributed by atoms with Crippen LogP contribution in [0.1, 0.15) is 13.8 Å². The summed E-state index contributed by atoms with van der Waals surface area (Å²) in [4.78, 5) is 20.3. The van der Waals surface area contributed by atoms with E-state index in [0.29, 0.717) is 18.1 Å². The van der Waals surface area contributed by atoms with Gasteiger partial charge in [0.15, 0.2) is 12.4 Å². The summed E-state index contributed by atoms with van der Waals surface area (Å²) in [5, 5.41) is 4.32. The van der Waals surface area contributed by atoms with Crippen LogP contribution in [0.4, 0.5) is 13.2 Å². The van der Waals surface area contributed by atoms with E-state index in [4.69, 9.17) is 18.9 Å². The molecule has 40 heavy (non-hydrogen) atoms. The molecule has 1 aromatic carbocycles. The van der Waals surface area contributed by atoms with E-state index in [0.717, 1.165) is 16.9 Å². The van der Waals surface area contributed by atoms with Crippen LogP contribution in [0.25, 0.3) is 22.5 Å². The van der Waals surface area contributed by atoms with E-state index in [1.807, 2.05) is 18.2 Å². The summed E-state index contributed by atoms with van der Waals surface area (Å²) < 4.78 is 60.5. The first-order valence-electron chi connectivity index (χ1n) is 12.3.